The van der Waals surface area contributed by atoms with Gasteiger partial charge in [-0.25, -0.2) is 0 Å². The fraction of sp³-hybridized carbons (Fsp3) is 0.400. The first kappa shape index (κ1) is 13.2. The van der Waals surface area contributed by atoms with Gasteiger partial charge in [0.25, 0.3) is 11.4 Å². The van der Waals surface area contributed by atoms with Gasteiger partial charge in [-0.05, 0) is 6.07 Å². The molecule has 0 radical (unpaired) electrons. The van der Waals surface area contributed by atoms with E-state index < -0.39 is 27.7 Å². The zero-order valence-corrected chi connectivity index (χ0v) is 9.67. The van der Waals surface area contributed by atoms with Crippen LogP contribution in [0.2, 0.25) is 0 Å². The molecule has 2 rings (SSSR count). The van der Waals surface area contributed by atoms with Crippen molar-refractivity contribution in [1.29, 1.82) is 0 Å². The molecule has 0 aliphatic carbocycles. The number of aliphatic hydroxyl groups is 2. The second-order valence-corrected chi connectivity index (χ2v) is 4.23. The van der Waals surface area contributed by atoms with Gasteiger partial charge in [-0.15, -0.1) is 0 Å². The highest BCUT2D eigenvalue weighted by Crippen LogP contribution is 2.33. The number of nitro benzene ring substituents is 2. The van der Waals surface area contributed by atoms with E-state index in [-0.39, 0.29) is 24.5 Å². The molecule has 2 N–H and O–H groups in total. The summed E-state index contributed by atoms with van der Waals surface area (Å²) in [5.74, 6) is 0. The average Bonchev–Trinajstić information content (AvgIpc) is 2.68. The minimum atomic E-state index is -0.991. The van der Waals surface area contributed by atoms with E-state index in [1.807, 2.05) is 0 Å². The van der Waals surface area contributed by atoms with Crippen LogP contribution in [-0.2, 0) is 0 Å². The monoisotopic (exact) mass is 269 g/mol. The van der Waals surface area contributed by atoms with Crippen LogP contribution in [0.3, 0.4) is 0 Å². The predicted molar refractivity (Wildman–Crippen MR) is 64.0 cm³/mol. The first-order valence-corrected chi connectivity index (χ1v) is 5.44. The van der Waals surface area contributed by atoms with Crippen molar-refractivity contribution >= 4 is 17.1 Å². The maximum Gasteiger partial charge on any atom is 0.299 e. The van der Waals surface area contributed by atoms with Crippen molar-refractivity contribution in [1.82, 2.24) is 0 Å². The maximum atomic E-state index is 10.9. The third-order valence-corrected chi connectivity index (χ3v) is 2.97. The normalized spacial score (nSPS) is 22.5. The lowest BCUT2D eigenvalue weighted by Crippen LogP contribution is -2.22. The number of nitrogens with zero attached hydrogens (tertiary/aromatic N) is 3. The fourth-order valence-corrected chi connectivity index (χ4v) is 2.01. The van der Waals surface area contributed by atoms with Crippen molar-refractivity contribution in [2.24, 2.45) is 0 Å². The molecule has 102 valence electrons. The molecule has 0 spiro atoms. The lowest BCUT2D eigenvalue weighted by molar-refractivity contribution is -0.393. The third-order valence-electron chi connectivity index (χ3n) is 2.97. The smallest absolute Gasteiger partial charge is 0.299 e. The summed E-state index contributed by atoms with van der Waals surface area (Å²) in [4.78, 5) is 21.5. The first-order valence-electron chi connectivity index (χ1n) is 5.44. The van der Waals surface area contributed by atoms with Gasteiger partial charge in [-0.3, -0.25) is 20.2 Å². The lowest BCUT2D eigenvalue weighted by atomic mass is 10.2. The summed E-state index contributed by atoms with van der Waals surface area (Å²) < 4.78 is 0. The van der Waals surface area contributed by atoms with Crippen molar-refractivity contribution in [2.45, 2.75) is 12.2 Å². The Hall–Kier alpha value is -2.26. The van der Waals surface area contributed by atoms with Crippen molar-refractivity contribution in [3.63, 3.8) is 0 Å². The Balaban J connectivity index is 2.40. The minimum Gasteiger partial charge on any atom is -0.389 e. The van der Waals surface area contributed by atoms with Crippen LogP contribution >= 0.6 is 0 Å². The Morgan fingerprint density at radius 2 is 1.68 bits per heavy atom. The molecule has 2 atom stereocenters. The molecular formula is C10H11N3O6. The Morgan fingerprint density at radius 1 is 1.11 bits per heavy atom. The van der Waals surface area contributed by atoms with Gasteiger partial charge in [0.05, 0.1) is 28.1 Å². The highest BCUT2D eigenvalue weighted by molar-refractivity contribution is 5.67. The molecule has 1 aromatic rings. The summed E-state index contributed by atoms with van der Waals surface area (Å²) in [6.45, 7) is 0.0830. The molecule has 19 heavy (non-hydrogen) atoms. The summed E-state index contributed by atoms with van der Waals surface area (Å²) in [7, 11) is 0. The summed E-state index contributed by atoms with van der Waals surface area (Å²) >= 11 is 0. The van der Waals surface area contributed by atoms with E-state index in [2.05, 4.69) is 0 Å². The van der Waals surface area contributed by atoms with Crippen molar-refractivity contribution in [3.05, 3.63) is 38.4 Å². The van der Waals surface area contributed by atoms with Gasteiger partial charge >= 0.3 is 0 Å². The van der Waals surface area contributed by atoms with E-state index in [1.165, 1.54) is 11.0 Å². The molecule has 2 unspecified atom stereocenters. The van der Waals surface area contributed by atoms with Crippen LogP contribution in [0.5, 0.6) is 0 Å². The van der Waals surface area contributed by atoms with Crippen LogP contribution in [0.4, 0.5) is 17.1 Å². The van der Waals surface area contributed by atoms with E-state index in [4.69, 9.17) is 0 Å². The zero-order valence-electron chi connectivity index (χ0n) is 9.67. The van der Waals surface area contributed by atoms with Gasteiger partial charge in [0, 0.05) is 19.2 Å². The fourth-order valence-electron chi connectivity index (χ4n) is 2.01. The number of hydrogen-bond acceptors (Lipinski definition) is 7. The minimum absolute atomic E-state index is 0.0415. The maximum absolute atomic E-state index is 10.9. The van der Waals surface area contributed by atoms with Crippen LogP contribution < -0.4 is 4.90 Å². The zero-order chi connectivity index (χ0) is 14.2. The summed E-state index contributed by atoms with van der Waals surface area (Å²) in [6.07, 6.45) is -1.98. The SMILES string of the molecule is O=[N+]([O-])c1ccc(N2CC(O)C(O)C2)c([N+](=O)[O-])c1. The number of non-ortho nitro benzene ring substituents is 1. The third kappa shape index (κ3) is 2.46. The van der Waals surface area contributed by atoms with Crippen molar-refractivity contribution in [3.8, 4) is 0 Å². The van der Waals surface area contributed by atoms with Crippen LogP contribution in [0, 0.1) is 20.2 Å². The van der Waals surface area contributed by atoms with Crippen LogP contribution in [0.25, 0.3) is 0 Å². The van der Waals surface area contributed by atoms with Crippen LogP contribution in [-0.4, -0.2) is 45.4 Å². The second-order valence-electron chi connectivity index (χ2n) is 4.23. The molecule has 1 aromatic carbocycles. The number of nitro groups is 2. The predicted octanol–water partition coefficient (Wildman–Crippen LogP) is 0.0448. The largest absolute Gasteiger partial charge is 0.389 e. The van der Waals surface area contributed by atoms with E-state index >= 15 is 0 Å². The molecule has 1 aliphatic rings. The number of aliphatic hydroxyl groups excluding tert-OH is 2. The van der Waals surface area contributed by atoms with Gasteiger partial charge in [0.2, 0.25) is 0 Å². The Kier molecular flexibility index (Phi) is 3.32. The second kappa shape index (κ2) is 4.78. The Morgan fingerprint density at radius 3 is 2.16 bits per heavy atom. The molecule has 0 bridgehead atoms. The molecule has 1 saturated heterocycles. The van der Waals surface area contributed by atoms with Gasteiger partial charge in [-0.2, -0.15) is 0 Å². The van der Waals surface area contributed by atoms with Gasteiger partial charge in [0.1, 0.15) is 5.69 Å². The van der Waals surface area contributed by atoms with Crippen molar-refractivity contribution in [2.75, 3.05) is 18.0 Å². The van der Waals surface area contributed by atoms with E-state index in [1.54, 1.807) is 0 Å². The number of β-amino-alcohol motifs (C(OH)–C–C–N with tert-alkyl or cyclic N) is 2. The van der Waals surface area contributed by atoms with Crippen LogP contribution in [0.1, 0.15) is 0 Å². The van der Waals surface area contributed by atoms with Gasteiger partial charge in [0.15, 0.2) is 0 Å². The molecule has 1 aliphatic heterocycles. The molecule has 1 heterocycles. The number of anilines is 1. The van der Waals surface area contributed by atoms with Gasteiger partial charge in [-0.1, -0.05) is 0 Å². The molecule has 0 amide bonds. The van der Waals surface area contributed by atoms with Crippen LogP contribution in [0.15, 0.2) is 18.2 Å². The Labute approximate surface area is 107 Å². The standard InChI is InChI=1S/C10H11N3O6/c14-9-4-11(5-10(9)15)7-2-1-6(12(16)17)3-8(7)13(18)19/h1-3,9-10,14-15H,4-5H2. The average molecular weight is 269 g/mol. The lowest BCUT2D eigenvalue weighted by Gasteiger charge is -2.17. The highest BCUT2D eigenvalue weighted by Gasteiger charge is 2.33. The summed E-state index contributed by atoms with van der Waals surface area (Å²) in [5.41, 5.74) is -0.655. The van der Waals surface area contributed by atoms with Gasteiger partial charge < -0.3 is 15.1 Å². The number of benzene rings is 1. The molecule has 0 saturated carbocycles. The number of rotatable bonds is 3. The molecule has 1 fully saturated rings. The van der Waals surface area contributed by atoms with E-state index in [0.29, 0.717) is 0 Å². The number of hydrogen-bond donors (Lipinski definition) is 2. The quantitative estimate of drug-likeness (QED) is 0.585. The summed E-state index contributed by atoms with van der Waals surface area (Å²) in [5, 5.41) is 40.4. The van der Waals surface area contributed by atoms with E-state index in [0.717, 1.165) is 12.1 Å². The topological polar surface area (TPSA) is 130 Å². The van der Waals surface area contributed by atoms with Crippen molar-refractivity contribution < 1.29 is 20.1 Å². The molecule has 9 heteroatoms. The summed E-state index contributed by atoms with van der Waals surface area (Å²) in [6, 6.07) is 3.27. The molecule has 9 nitrogen and oxygen atoms in total. The highest BCUT2D eigenvalue weighted by atomic mass is 16.6. The Bertz CT molecular complexity index is 524. The van der Waals surface area contributed by atoms with E-state index in [9.17, 15) is 30.4 Å². The first-order chi connectivity index (χ1) is 8.90. The molecular weight excluding hydrogens is 258 g/mol. The molecule has 0 aromatic heterocycles.